The van der Waals surface area contributed by atoms with Crippen LogP contribution in [0.1, 0.15) is 35.2 Å². The minimum Gasteiger partial charge on any atom is -0.308 e. The average Bonchev–Trinajstić information content (AvgIpc) is 3.22. The molecule has 0 bridgehead atoms. The summed E-state index contributed by atoms with van der Waals surface area (Å²) >= 11 is 9.78. The van der Waals surface area contributed by atoms with Gasteiger partial charge in [0.25, 0.3) is 5.91 Å². The Morgan fingerprint density at radius 3 is 2.50 bits per heavy atom. The van der Waals surface area contributed by atoms with E-state index in [0.29, 0.717) is 19.6 Å². The first-order valence-corrected chi connectivity index (χ1v) is 11.9. The van der Waals surface area contributed by atoms with Gasteiger partial charge in [0.2, 0.25) is 10.0 Å². The topological polar surface area (TPSA) is 57.7 Å². The largest absolute Gasteiger partial charge is 0.308 e. The zero-order valence-electron chi connectivity index (χ0n) is 15.2. The molecule has 1 saturated heterocycles. The molecule has 2 aromatic carbocycles. The van der Waals surface area contributed by atoms with E-state index in [1.807, 2.05) is 18.2 Å². The molecule has 28 heavy (non-hydrogen) atoms. The highest BCUT2D eigenvalue weighted by Gasteiger charge is 2.30. The van der Waals surface area contributed by atoms with Crippen LogP contribution in [0.4, 0.5) is 5.69 Å². The van der Waals surface area contributed by atoms with Crippen molar-refractivity contribution in [2.24, 2.45) is 0 Å². The summed E-state index contributed by atoms with van der Waals surface area (Å²) in [5.74, 6) is -0.272. The van der Waals surface area contributed by atoms with Crippen LogP contribution < -0.4 is 4.90 Å². The third-order valence-electron chi connectivity index (χ3n) is 5.28. The summed E-state index contributed by atoms with van der Waals surface area (Å²) in [6.45, 7) is 1.61. The van der Waals surface area contributed by atoms with Crippen molar-refractivity contribution in [2.45, 2.75) is 30.6 Å². The van der Waals surface area contributed by atoms with Gasteiger partial charge in [0.15, 0.2) is 0 Å². The Balaban J connectivity index is 1.71. The van der Waals surface area contributed by atoms with Gasteiger partial charge in [0.1, 0.15) is 0 Å². The molecule has 2 aliphatic heterocycles. The Morgan fingerprint density at radius 1 is 1.00 bits per heavy atom. The number of fused-ring (bicyclic) bond motifs is 1. The van der Waals surface area contributed by atoms with Gasteiger partial charge in [-0.25, -0.2) is 8.42 Å². The summed E-state index contributed by atoms with van der Waals surface area (Å²) in [7, 11) is -3.61. The number of hydrogen-bond acceptors (Lipinski definition) is 3. The fourth-order valence-corrected chi connectivity index (χ4v) is 5.98. The number of aryl methyl sites for hydroxylation is 1. The van der Waals surface area contributed by atoms with Crippen LogP contribution in [-0.4, -0.2) is 38.3 Å². The molecule has 1 fully saturated rings. The Morgan fingerprint density at radius 2 is 1.75 bits per heavy atom. The molecule has 0 radical (unpaired) electrons. The highest BCUT2D eigenvalue weighted by Crippen LogP contribution is 2.33. The lowest BCUT2D eigenvalue weighted by atomic mass is 10.0. The van der Waals surface area contributed by atoms with Gasteiger partial charge < -0.3 is 4.90 Å². The molecule has 0 saturated carbocycles. The zero-order chi connectivity index (χ0) is 19.9. The number of rotatable bonds is 3. The lowest BCUT2D eigenvalue weighted by Crippen LogP contribution is -2.36. The molecule has 0 aromatic heterocycles. The lowest BCUT2D eigenvalue weighted by Gasteiger charge is -2.30. The number of anilines is 1. The SMILES string of the molecule is O=C(c1cc(S(=O)(=O)N2CCCC2)ccc1Cl)N1CCCc2cc(Br)ccc21. The molecular weight excluding hydrogens is 464 g/mol. The Labute approximate surface area is 178 Å². The number of amides is 1. The number of carbonyl (C=O) groups is 1. The van der Waals surface area contributed by atoms with Crippen molar-refractivity contribution in [1.82, 2.24) is 4.31 Å². The van der Waals surface area contributed by atoms with Crippen molar-refractivity contribution in [1.29, 1.82) is 0 Å². The average molecular weight is 484 g/mol. The first-order chi connectivity index (χ1) is 13.4. The van der Waals surface area contributed by atoms with Crippen LogP contribution in [0.5, 0.6) is 0 Å². The van der Waals surface area contributed by atoms with Gasteiger partial charge >= 0.3 is 0 Å². The zero-order valence-corrected chi connectivity index (χ0v) is 18.4. The van der Waals surface area contributed by atoms with Crippen LogP contribution in [0, 0.1) is 0 Å². The van der Waals surface area contributed by atoms with E-state index in [1.165, 1.54) is 22.5 Å². The number of sulfonamides is 1. The van der Waals surface area contributed by atoms with Crippen molar-refractivity contribution in [2.75, 3.05) is 24.5 Å². The van der Waals surface area contributed by atoms with Crippen molar-refractivity contribution in [3.05, 3.63) is 57.0 Å². The van der Waals surface area contributed by atoms with Crippen LogP contribution >= 0.6 is 27.5 Å². The highest BCUT2D eigenvalue weighted by molar-refractivity contribution is 9.10. The van der Waals surface area contributed by atoms with E-state index in [-0.39, 0.29) is 21.4 Å². The molecule has 0 aliphatic carbocycles. The first-order valence-electron chi connectivity index (χ1n) is 9.28. The fraction of sp³-hybridized carbons (Fsp3) is 0.350. The van der Waals surface area contributed by atoms with Crippen LogP contribution in [-0.2, 0) is 16.4 Å². The van der Waals surface area contributed by atoms with Gasteiger partial charge in [-0.2, -0.15) is 4.31 Å². The Bertz CT molecular complexity index is 1040. The van der Waals surface area contributed by atoms with Crippen LogP contribution in [0.25, 0.3) is 0 Å². The summed E-state index contributed by atoms with van der Waals surface area (Å²) in [5.41, 5.74) is 2.16. The van der Waals surface area contributed by atoms with E-state index in [2.05, 4.69) is 15.9 Å². The molecule has 5 nitrogen and oxygen atoms in total. The predicted octanol–water partition coefficient (Wildman–Crippen LogP) is 4.48. The molecule has 148 valence electrons. The quantitative estimate of drug-likeness (QED) is 0.647. The maximum absolute atomic E-state index is 13.3. The minimum atomic E-state index is -3.61. The standard InChI is InChI=1S/C20H20BrClN2O3S/c21-15-5-8-19-14(12-15)4-3-11-24(19)20(25)17-13-16(6-7-18(17)22)28(26,27)23-9-1-2-10-23/h5-8,12-13H,1-4,9-11H2. The predicted molar refractivity (Wildman–Crippen MR) is 114 cm³/mol. The molecule has 0 N–H and O–H groups in total. The molecule has 2 heterocycles. The Kier molecular flexibility index (Phi) is 5.53. The number of hydrogen-bond donors (Lipinski definition) is 0. The summed E-state index contributed by atoms with van der Waals surface area (Å²) in [5, 5.41) is 0.259. The third kappa shape index (κ3) is 3.61. The van der Waals surface area contributed by atoms with E-state index in [0.717, 1.165) is 41.4 Å². The molecule has 2 aliphatic rings. The number of carbonyl (C=O) groups excluding carboxylic acids is 1. The van der Waals surface area contributed by atoms with Gasteiger partial charge in [0.05, 0.1) is 15.5 Å². The van der Waals surface area contributed by atoms with E-state index in [4.69, 9.17) is 11.6 Å². The monoisotopic (exact) mass is 482 g/mol. The molecule has 1 amide bonds. The molecule has 0 unspecified atom stereocenters. The molecule has 8 heteroatoms. The Hall–Kier alpha value is -1.41. The van der Waals surface area contributed by atoms with Crippen LogP contribution in [0.15, 0.2) is 45.8 Å². The minimum absolute atomic E-state index is 0.121. The van der Waals surface area contributed by atoms with Gasteiger partial charge in [-0.3, -0.25) is 4.79 Å². The first kappa shape index (κ1) is 19.9. The van der Waals surface area contributed by atoms with Gasteiger partial charge in [-0.15, -0.1) is 0 Å². The second-order valence-electron chi connectivity index (χ2n) is 7.09. The van der Waals surface area contributed by atoms with E-state index in [1.54, 1.807) is 4.90 Å². The highest BCUT2D eigenvalue weighted by atomic mass is 79.9. The number of nitrogens with zero attached hydrogens (tertiary/aromatic N) is 2. The van der Waals surface area contributed by atoms with Gasteiger partial charge in [-0.1, -0.05) is 27.5 Å². The molecular formula is C20H20BrClN2O3S. The van der Waals surface area contributed by atoms with E-state index < -0.39 is 10.0 Å². The summed E-state index contributed by atoms with van der Waals surface area (Å²) in [4.78, 5) is 15.1. The van der Waals surface area contributed by atoms with E-state index >= 15 is 0 Å². The normalized spacial score (nSPS) is 17.6. The number of benzene rings is 2. The summed E-state index contributed by atoms with van der Waals surface area (Å²) in [6.07, 6.45) is 3.46. The van der Waals surface area contributed by atoms with Crippen LogP contribution in [0.3, 0.4) is 0 Å². The van der Waals surface area contributed by atoms with Crippen molar-refractivity contribution in [3.63, 3.8) is 0 Å². The maximum Gasteiger partial charge on any atom is 0.259 e. The van der Waals surface area contributed by atoms with Gasteiger partial charge in [0, 0.05) is 29.8 Å². The summed E-state index contributed by atoms with van der Waals surface area (Å²) in [6, 6.07) is 10.2. The fourth-order valence-electron chi connectivity index (χ4n) is 3.83. The van der Waals surface area contributed by atoms with Crippen molar-refractivity contribution < 1.29 is 13.2 Å². The number of halogens is 2. The van der Waals surface area contributed by atoms with Crippen molar-refractivity contribution in [3.8, 4) is 0 Å². The second-order valence-corrected chi connectivity index (χ2v) is 10.3. The van der Waals surface area contributed by atoms with Crippen LogP contribution in [0.2, 0.25) is 5.02 Å². The molecule has 0 spiro atoms. The molecule has 0 atom stereocenters. The van der Waals surface area contributed by atoms with Gasteiger partial charge in [-0.05, 0) is 67.6 Å². The molecule has 4 rings (SSSR count). The maximum atomic E-state index is 13.3. The second kappa shape index (κ2) is 7.78. The smallest absolute Gasteiger partial charge is 0.259 e. The summed E-state index contributed by atoms with van der Waals surface area (Å²) < 4.78 is 28.2. The molecule has 2 aromatic rings. The van der Waals surface area contributed by atoms with Crippen molar-refractivity contribution >= 4 is 49.1 Å². The third-order valence-corrected chi connectivity index (χ3v) is 7.99. The lowest BCUT2D eigenvalue weighted by molar-refractivity contribution is 0.0985. The van der Waals surface area contributed by atoms with E-state index in [9.17, 15) is 13.2 Å².